The van der Waals surface area contributed by atoms with E-state index in [0.29, 0.717) is 44.1 Å². The van der Waals surface area contributed by atoms with Gasteiger partial charge in [0.25, 0.3) is 0 Å². The number of nitrogens with zero attached hydrogens (tertiary/aromatic N) is 8. The van der Waals surface area contributed by atoms with Crippen molar-refractivity contribution in [2.45, 2.75) is 0 Å². The second kappa shape index (κ2) is 9.29. The highest BCUT2D eigenvalue weighted by Gasteiger charge is 2.22. The van der Waals surface area contributed by atoms with Crippen LogP contribution in [-0.2, 0) is 9.47 Å². The third-order valence-electron chi connectivity index (χ3n) is 5.99. The van der Waals surface area contributed by atoms with E-state index in [4.69, 9.17) is 29.4 Å². The molecule has 3 aliphatic heterocycles. The molecule has 166 valence electrons. The molecule has 0 aliphatic carbocycles. The summed E-state index contributed by atoms with van der Waals surface area (Å²) in [6, 6.07) is 6.10. The lowest BCUT2D eigenvalue weighted by Crippen LogP contribution is -2.44. The Morgan fingerprint density at radius 1 is 0.645 bits per heavy atom. The molecule has 2 aromatic heterocycles. The number of likely N-dealkylation sites (N-methyl/N-ethyl adjacent to an activating group) is 1. The summed E-state index contributed by atoms with van der Waals surface area (Å²) < 4.78 is 11.0. The molecule has 0 atom stereocenters. The summed E-state index contributed by atoms with van der Waals surface area (Å²) >= 11 is 0. The van der Waals surface area contributed by atoms with Crippen LogP contribution in [-0.4, -0.2) is 111 Å². The van der Waals surface area contributed by atoms with Crippen LogP contribution in [0, 0.1) is 0 Å². The lowest BCUT2D eigenvalue weighted by atomic mass is 10.3. The Morgan fingerprint density at radius 2 is 1.23 bits per heavy atom. The predicted octanol–water partition coefficient (Wildman–Crippen LogP) is 0.359. The van der Waals surface area contributed by atoms with Gasteiger partial charge in [0.2, 0.25) is 11.9 Å². The molecular weight excluding hydrogens is 396 g/mol. The third-order valence-corrected chi connectivity index (χ3v) is 5.99. The average Bonchev–Trinajstić information content (AvgIpc) is 2.85. The van der Waals surface area contributed by atoms with Gasteiger partial charge in [-0.2, -0.15) is 15.0 Å². The summed E-state index contributed by atoms with van der Waals surface area (Å²) in [4.78, 5) is 28.4. The first-order chi connectivity index (χ1) is 15.3. The van der Waals surface area contributed by atoms with Gasteiger partial charge in [0, 0.05) is 52.4 Å². The van der Waals surface area contributed by atoms with Crippen molar-refractivity contribution in [3.05, 3.63) is 18.2 Å². The number of piperazine rings is 1. The number of anilines is 3. The van der Waals surface area contributed by atoms with E-state index in [-0.39, 0.29) is 0 Å². The Balaban J connectivity index is 1.47. The Labute approximate surface area is 182 Å². The van der Waals surface area contributed by atoms with Crippen molar-refractivity contribution in [1.29, 1.82) is 0 Å². The highest BCUT2D eigenvalue weighted by Crippen LogP contribution is 2.24. The van der Waals surface area contributed by atoms with E-state index in [1.807, 2.05) is 12.1 Å². The van der Waals surface area contributed by atoms with Gasteiger partial charge in [0.15, 0.2) is 5.82 Å². The van der Waals surface area contributed by atoms with Crippen LogP contribution < -0.4 is 14.7 Å². The standard InChI is InChI=1S/C21H30N8O2/c1-26-5-7-27(8-6-26)18-4-2-3-17(22-18)19-23-20(28-9-13-30-14-10-28)25-21(24-19)29-11-15-31-16-12-29/h2-4H,5-16H2,1H3. The largest absolute Gasteiger partial charge is 0.378 e. The molecule has 5 rings (SSSR count). The maximum Gasteiger partial charge on any atom is 0.230 e. The average molecular weight is 427 g/mol. The quantitative estimate of drug-likeness (QED) is 0.683. The zero-order valence-corrected chi connectivity index (χ0v) is 18.1. The molecule has 0 saturated carbocycles. The maximum absolute atomic E-state index is 5.51. The molecule has 0 aromatic carbocycles. The fourth-order valence-electron chi connectivity index (χ4n) is 4.04. The van der Waals surface area contributed by atoms with E-state index < -0.39 is 0 Å². The number of ether oxygens (including phenoxy) is 2. The molecule has 0 spiro atoms. The van der Waals surface area contributed by atoms with Crippen molar-refractivity contribution in [2.75, 3.05) is 101 Å². The lowest BCUT2D eigenvalue weighted by molar-refractivity contribution is 0.121. The first kappa shape index (κ1) is 20.3. The van der Waals surface area contributed by atoms with Crippen LogP contribution in [0.3, 0.4) is 0 Å². The van der Waals surface area contributed by atoms with Gasteiger partial charge in [-0.1, -0.05) is 6.07 Å². The van der Waals surface area contributed by atoms with E-state index in [1.165, 1.54) is 0 Å². The number of morpholine rings is 2. The van der Waals surface area contributed by atoms with Gasteiger partial charge in [0.1, 0.15) is 11.5 Å². The van der Waals surface area contributed by atoms with Crippen molar-refractivity contribution in [3.63, 3.8) is 0 Å². The van der Waals surface area contributed by atoms with Crippen molar-refractivity contribution in [2.24, 2.45) is 0 Å². The van der Waals surface area contributed by atoms with E-state index >= 15 is 0 Å². The highest BCUT2D eigenvalue weighted by molar-refractivity contribution is 5.58. The second-order valence-electron chi connectivity index (χ2n) is 8.13. The maximum atomic E-state index is 5.51. The molecule has 0 N–H and O–H groups in total. The third kappa shape index (κ3) is 4.70. The molecular formula is C21H30N8O2. The molecule has 5 heterocycles. The molecule has 0 amide bonds. The molecule has 0 unspecified atom stereocenters. The van der Waals surface area contributed by atoms with E-state index in [9.17, 15) is 0 Å². The molecule has 31 heavy (non-hydrogen) atoms. The van der Waals surface area contributed by atoms with Crippen LogP contribution in [0.5, 0.6) is 0 Å². The predicted molar refractivity (Wildman–Crippen MR) is 119 cm³/mol. The van der Waals surface area contributed by atoms with Crippen LogP contribution in [0.1, 0.15) is 0 Å². The Hall–Kier alpha value is -2.56. The van der Waals surface area contributed by atoms with Gasteiger partial charge in [-0.25, -0.2) is 4.98 Å². The monoisotopic (exact) mass is 426 g/mol. The van der Waals surface area contributed by atoms with Gasteiger partial charge < -0.3 is 29.1 Å². The fourth-order valence-corrected chi connectivity index (χ4v) is 4.04. The summed E-state index contributed by atoms with van der Waals surface area (Å²) in [6.45, 7) is 9.89. The van der Waals surface area contributed by atoms with Gasteiger partial charge in [-0.3, -0.25) is 0 Å². The molecule has 3 saturated heterocycles. The van der Waals surface area contributed by atoms with E-state index in [2.05, 4.69) is 32.7 Å². The first-order valence-corrected chi connectivity index (χ1v) is 11.1. The number of aromatic nitrogens is 4. The molecule has 10 heteroatoms. The minimum absolute atomic E-state index is 0.619. The van der Waals surface area contributed by atoms with Crippen molar-refractivity contribution in [3.8, 4) is 11.5 Å². The Kier molecular flexibility index (Phi) is 6.10. The second-order valence-corrected chi connectivity index (χ2v) is 8.13. The molecule has 0 radical (unpaired) electrons. The highest BCUT2D eigenvalue weighted by atomic mass is 16.5. The van der Waals surface area contributed by atoms with Crippen molar-refractivity contribution in [1.82, 2.24) is 24.8 Å². The van der Waals surface area contributed by atoms with E-state index in [0.717, 1.165) is 63.9 Å². The molecule has 3 fully saturated rings. The normalized spacial score (nSPS) is 20.9. The van der Waals surface area contributed by atoms with Crippen LogP contribution in [0.15, 0.2) is 18.2 Å². The summed E-state index contributed by atoms with van der Waals surface area (Å²) in [5.74, 6) is 2.99. The summed E-state index contributed by atoms with van der Waals surface area (Å²) in [5, 5.41) is 0. The number of hydrogen-bond acceptors (Lipinski definition) is 10. The van der Waals surface area contributed by atoms with Crippen LogP contribution in [0.4, 0.5) is 17.7 Å². The van der Waals surface area contributed by atoms with Gasteiger partial charge in [0.05, 0.1) is 26.4 Å². The van der Waals surface area contributed by atoms with Gasteiger partial charge >= 0.3 is 0 Å². The van der Waals surface area contributed by atoms with Crippen LogP contribution in [0.2, 0.25) is 0 Å². The minimum Gasteiger partial charge on any atom is -0.378 e. The SMILES string of the molecule is CN1CCN(c2cccc(-c3nc(N4CCOCC4)nc(N4CCOCC4)n3)n2)CC1. The topological polar surface area (TPSA) is 83.0 Å². The van der Waals surface area contributed by atoms with Gasteiger partial charge in [-0.05, 0) is 19.2 Å². The number of rotatable bonds is 4. The van der Waals surface area contributed by atoms with Crippen LogP contribution in [0.25, 0.3) is 11.5 Å². The van der Waals surface area contributed by atoms with E-state index in [1.54, 1.807) is 0 Å². The zero-order chi connectivity index (χ0) is 21.0. The number of pyridine rings is 1. The Bertz CT molecular complexity index is 841. The molecule has 0 bridgehead atoms. The lowest BCUT2D eigenvalue weighted by Gasteiger charge is -2.33. The minimum atomic E-state index is 0.619. The summed E-state index contributed by atoms with van der Waals surface area (Å²) in [7, 11) is 2.16. The smallest absolute Gasteiger partial charge is 0.230 e. The van der Waals surface area contributed by atoms with Crippen molar-refractivity contribution < 1.29 is 9.47 Å². The summed E-state index contributed by atoms with van der Waals surface area (Å²) in [5.41, 5.74) is 0.780. The van der Waals surface area contributed by atoms with Crippen LogP contribution >= 0.6 is 0 Å². The fraction of sp³-hybridized carbons (Fsp3) is 0.619. The number of hydrogen-bond donors (Lipinski definition) is 0. The van der Waals surface area contributed by atoms with Crippen molar-refractivity contribution >= 4 is 17.7 Å². The zero-order valence-electron chi connectivity index (χ0n) is 18.1. The first-order valence-electron chi connectivity index (χ1n) is 11.1. The molecule has 10 nitrogen and oxygen atoms in total. The molecule has 3 aliphatic rings. The molecule has 2 aromatic rings. The summed E-state index contributed by atoms with van der Waals surface area (Å²) in [6.07, 6.45) is 0. The Morgan fingerprint density at radius 3 is 1.81 bits per heavy atom. The van der Waals surface area contributed by atoms with Gasteiger partial charge in [-0.15, -0.1) is 0 Å².